The molecule has 2 unspecified atom stereocenters. The number of hydrogen-bond acceptors (Lipinski definition) is 4. The zero-order valence-corrected chi connectivity index (χ0v) is 19.3. The smallest absolute Gasteiger partial charge is 0.251 e. The first-order valence-electron chi connectivity index (χ1n) is 11.2. The maximum Gasteiger partial charge on any atom is 0.251 e. The molecular formula is C25H29N3O4S. The van der Waals surface area contributed by atoms with E-state index in [0.29, 0.717) is 25.2 Å². The molecule has 0 aromatic heterocycles. The summed E-state index contributed by atoms with van der Waals surface area (Å²) >= 11 is 0. The molecule has 0 bridgehead atoms. The molecule has 0 radical (unpaired) electrons. The van der Waals surface area contributed by atoms with Crippen molar-refractivity contribution in [1.82, 2.24) is 14.9 Å². The van der Waals surface area contributed by atoms with E-state index in [1.165, 1.54) is 22.5 Å². The number of sulfonamides is 1. The van der Waals surface area contributed by atoms with E-state index in [1.807, 2.05) is 30.3 Å². The number of rotatable bonds is 8. The van der Waals surface area contributed by atoms with E-state index in [0.717, 1.165) is 24.8 Å². The van der Waals surface area contributed by atoms with Gasteiger partial charge in [0.2, 0.25) is 15.9 Å². The molecule has 174 valence electrons. The molecule has 8 heteroatoms. The van der Waals surface area contributed by atoms with E-state index in [2.05, 4.69) is 17.2 Å². The molecule has 2 aromatic rings. The van der Waals surface area contributed by atoms with Crippen LogP contribution in [0.1, 0.15) is 28.8 Å². The Hall–Kier alpha value is -2.97. The number of amides is 2. The number of benzene rings is 2. The van der Waals surface area contributed by atoms with Gasteiger partial charge in [0, 0.05) is 31.2 Å². The maximum absolute atomic E-state index is 13.1. The molecule has 33 heavy (non-hydrogen) atoms. The third-order valence-electron chi connectivity index (χ3n) is 6.55. The molecule has 4 rings (SSSR count). The van der Waals surface area contributed by atoms with Crippen LogP contribution in [0.25, 0.3) is 0 Å². The van der Waals surface area contributed by atoms with Gasteiger partial charge < -0.3 is 10.6 Å². The van der Waals surface area contributed by atoms with Crippen molar-refractivity contribution >= 4 is 21.8 Å². The summed E-state index contributed by atoms with van der Waals surface area (Å²) in [6.07, 6.45) is 3.54. The number of nitrogens with zero attached hydrogens (tertiary/aromatic N) is 1. The van der Waals surface area contributed by atoms with Crippen LogP contribution in [0.3, 0.4) is 0 Å². The Labute approximate surface area is 194 Å². The Morgan fingerprint density at radius 1 is 1.00 bits per heavy atom. The van der Waals surface area contributed by atoms with Crippen molar-refractivity contribution in [3.8, 4) is 0 Å². The standard InChI is InChI=1S/C25H29N3O4S/c1-2-24(29)27-22-14-20-16-28(17-21(20)15-22)33(31,32)23-10-8-19(9-11-23)25(30)26-13-12-18-6-4-3-5-7-18/h2-11,20-22H,1,12-17H2,(H,26,30)(H,27,29). The molecule has 1 saturated heterocycles. The summed E-state index contributed by atoms with van der Waals surface area (Å²) in [6.45, 7) is 4.89. The van der Waals surface area contributed by atoms with Crippen molar-refractivity contribution in [2.75, 3.05) is 19.6 Å². The van der Waals surface area contributed by atoms with Gasteiger partial charge >= 0.3 is 0 Å². The van der Waals surface area contributed by atoms with E-state index >= 15 is 0 Å². The fourth-order valence-electron chi connectivity index (χ4n) is 4.83. The average Bonchev–Trinajstić information content (AvgIpc) is 3.39. The van der Waals surface area contributed by atoms with Crippen molar-refractivity contribution in [3.63, 3.8) is 0 Å². The molecule has 1 saturated carbocycles. The minimum absolute atomic E-state index is 0.0787. The molecule has 1 aliphatic carbocycles. The lowest BCUT2D eigenvalue weighted by Gasteiger charge is -2.19. The van der Waals surface area contributed by atoms with Crippen molar-refractivity contribution in [3.05, 3.63) is 78.4 Å². The molecule has 2 aliphatic rings. The Kier molecular flexibility index (Phi) is 6.95. The van der Waals surface area contributed by atoms with Gasteiger partial charge in [0.05, 0.1) is 4.90 Å². The zero-order valence-electron chi connectivity index (χ0n) is 18.4. The van der Waals surface area contributed by atoms with Gasteiger partial charge in [-0.05, 0) is 67.0 Å². The number of carbonyl (C=O) groups is 2. The van der Waals surface area contributed by atoms with E-state index in [9.17, 15) is 18.0 Å². The molecule has 7 nitrogen and oxygen atoms in total. The molecule has 2 amide bonds. The Morgan fingerprint density at radius 2 is 1.64 bits per heavy atom. The first-order valence-corrected chi connectivity index (χ1v) is 12.7. The van der Waals surface area contributed by atoms with Crippen LogP contribution in [0, 0.1) is 11.8 Å². The summed E-state index contributed by atoms with van der Waals surface area (Å²) in [5.74, 6) is 0.0703. The Bertz CT molecular complexity index is 1100. The second kappa shape index (κ2) is 9.89. The van der Waals surface area contributed by atoms with Gasteiger partial charge in [-0.2, -0.15) is 4.31 Å². The zero-order chi connectivity index (χ0) is 23.4. The summed E-state index contributed by atoms with van der Waals surface area (Å²) in [5.41, 5.74) is 1.57. The van der Waals surface area contributed by atoms with Crippen LogP contribution in [0.4, 0.5) is 0 Å². The lowest BCUT2D eigenvalue weighted by Crippen LogP contribution is -2.35. The maximum atomic E-state index is 13.1. The molecule has 2 fully saturated rings. The lowest BCUT2D eigenvalue weighted by atomic mass is 10.0. The van der Waals surface area contributed by atoms with E-state index in [4.69, 9.17) is 0 Å². The van der Waals surface area contributed by atoms with Gasteiger partial charge in [0.15, 0.2) is 0 Å². The SMILES string of the molecule is C=CC(=O)NC1CC2CN(S(=O)(=O)c3ccc(C(=O)NCCc4ccccc4)cc3)CC2C1. The number of nitrogens with one attached hydrogen (secondary N) is 2. The number of hydrogen-bond donors (Lipinski definition) is 2. The fraction of sp³-hybridized carbons (Fsp3) is 0.360. The topological polar surface area (TPSA) is 95.6 Å². The summed E-state index contributed by atoms with van der Waals surface area (Å²) < 4.78 is 27.8. The highest BCUT2D eigenvalue weighted by Crippen LogP contribution is 2.40. The molecule has 1 heterocycles. The second-order valence-electron chi connectivity index (χ2n) is 8.74. The molecule has 2 atom stereocenters. The lowest BCUT2D eigenvalue weighted by molar-refractivity contribution is -0.117. The summed E-state index contributed by atoms with van der Waals surface area (Å²) in [6, 6.07) is 16.1. The van der Waals surface area contributed by atoms with Crippen molar-refractivity contribution in [2.45, 2.75) is 30.2 Å². The minimum atomic E-state index is -3.62. The van der Waals surface area contributed by atoms with Gasteiger partial charge in [-0.1, -0.05) is 36.9 Å². The Morgan fingerprint density at radius 3 is 2.24 bits per heavy atom. The minimum Gasteiger partial charge on any atom is -0.352 e. The third kappa shape index (κ3) is 5.34. The van der Waals surface area contributed by atoms with E-state index in [-0.39, 0.29) is 34.6 Å². The predicted molar refractivity (Wildman–Crippen MR) is 126 cm³/mol. The highest BCUT2D eigenvalue weighted by molar-refractivity contribution is 7.89. The predicted octanol–water partition coefficient (Wildman–Crippen LogP) is 2.36. The first-order chi connectivity index (χ1) is 15.9. The van der Waals surface area contributed by atoms with Crippen molar-refractivity contribution in [2.24, 2.45) is 11.8 Å². The van der Waals surface area contributed by atoms with E-state index in [1.54, 1.807) is 12.1 Å². The quantitative estimate of drug-likeness (QED) is 0.583. The van der Waals surface area contributed by atoms with Crippen LogP contribution in [0.15, 0.2) is 72.1 Å². The molecule has 0 spiro atoms. The highest BCUT2D eigenvalue weighted by atomic mass is 32.2. The molecule has 2 N–H and O–H groups in total. The monoisotopic (exact) mass is 467 g/mol. The van der Waals surface area contributed by atoms with E-state index < -0.39 is 10.0 Å². The van der Waals surface area contributed by atoms with Gasteiger partial charge in [0.1, 0.15) is 0 Å². The van der Waals surface area contributed by atoms with Crippen LogP contribution >= 0.6 is 0 Å². The van der Waals surface area contributed by atoms with Crippen LogP contribution in [-0.2, 0) is 21.2 Å². The molecule has 2 aromatic carbocycles. The third-order valence-corrected chi connectivity index (χ3v) is 8.39. The van der Waals surface area contributed by atoms with Gasteiger partial charge in [-0.25, -0.2) is 8.42 Å². The normalized spacial score (nSPS) is 22.5. The highest BCUT2D eigenvalue weighted by Gasteiger charge is 2.45. The molecule has 1 aliphatic heterocycles. The van der Waals surface area contributed by atoms with Gasteiger partial charge in [-0.15, -0.1) is 0 Å². The second-order valence-corrected chi connectivity index (χ2v) is 10.7. The van der Waals surface area contributed by atoms with Crippen LogP contribution < -0.4 is 10.6 Å². The van der Waals surface area contributed by atoms with Crippen LogP contribution in [-0.4, -0.2) is 50.2 Å². The van der Waals surface area contributed by atoms with Crippen LogP contribution in [0.5, 0.6) is 0 Å². The van der Waals surface area contributed by atoms with Crippen LogP contribution in [0.2, 0.25) is 0 Å². The summed E-state index contributed by atoms with van der Waals surface area (Å²) in [4.78, 5) is 24.1. The number of fused-ring (bicyclic) bond motifs is 1. The van der Waals surface area contributed by atoms with Gasteiger partial charge in [-0.3, -0.25) is 9.59 Å². The van der Waals surface area contributed by atoms with Gasteiger partial charge in [0.25, 0.3) is 5.91 Å². The fourth-order valence-corrected chi connectivity index (χ4v) is 6.38. The molecular weight excluding hydrogens is 438 g/mol. The first kappa shape index (κ1) is 23.2. The summed E-state index contributed by atoms with van der Waals surface area (Å²) in [7, 11) is -3.62. The van der Waals surface area contributed by atoms with Crippen molar-refractivity contribution in [1.29, 1.82) is 0 Å². The van der Waals surface area contributed by atoms with Crippen molar-refractivity contribution < 1.29 is 18.0 Å². The summed E-state index contributed by atoms with van der Waals surface area (Å²) in [5, 5.41) is 5.79. The largest absolute Gasteiger partial charge is 0.352 e. The Balaban J connectivity index is 1.31. The number of carbonyl (C=O) groups excluding carboxylic acids is 2. The average molecular weight is 468 g/mol.